The van der Waals surface area contributed by atoms with Gasteiger partial charge in [-0.1, -0.05) is 6.07 Å². The minimum absolute atomic E-state index is 0.0358. The van der Waals surface area contributed by atoms with E-state index in [1.807, 2.05) is 18.2 Å². The monoisotopic (exact) mass is 426 g/mol. The molecule has 0 unspecified atom stereocenters. The molecular weight excluding hydrogens is 404 g/mol. The van der Waals surface area contributed by atoms with E-state index in [-0.39, 0.29) is 28.8 Å². The van der Waals surface area contributed by atoms with Gasteiger partial charge in [0.15, 0.2) is 11.5 Å². The van der Waals surface area contributed by atoms with Crippen LogP contribution in [0.15, 0.2) is 36.4 Å². The van der Waals surface area contributed by atoms with Crippen molar-refractivity contribution in [3.63, 3.8) is 0 Å². The Kier molecular flexibility index (Phi) is 5.75. The van der Waals surface area contributed by atoms with E-state index in [9.17, 15) is 19.7 Å². The van der Waals surface area contributed by atoms with Crippen LogP contribution in [0.25, 0.3) is 0 Å². The molecule has 1 saturated heterocycles. The van der Waals surface area contributed by atoms with Crippen LogP contribution in [-0.4, -0.2) is 48.6 Å². The van der Waals surface area contributed by atoms with E-state index in [0.717, 1.165) is 30.9 Å². The third-order valence-corrected chi connectivity index (χ3v) is 5.47. The Balaban J connectivity index is 1.65. The van der Waals surface area contributed by atoms with Gasteiger partial charge in [-0.3, -0.25) is 14.9 Å². The Bertz CT molecular complexity index is 1040. The highest BCUT2D eigenvalue weighted by Crippen LogP contribution is 2.38. The minimum Gasteiger partial charge on any atom is -0.490 e. The van der Waals surface area contributed by atoms with Crippen LogP contribution in [0.1, 0.15) is 51.6 Å². The maximum Gasteiger partial charge on any atom is 0.338 e. The first-order valence-electron chi connectivity index (χ1n) is 10.1. The van der Waals surface area contributed by atoms with Gasteiger partial charge in [0.05, 0.1) is 36.9 Å². The Morgan fingerprint density at radius 3 is 2.55 bits per heavy atom. The lowest BCUT2D eigenvalue weighted by molar-refractivity contribution is -0.384. The highest BCUT2D eigenvalue weighted by Gasteiger charge is 2.32. The van der Waals surface area contributed by atoms with Crippen molar-refractivity contribution < 1.29 is 28.7 Å². The zero-order valence-electron chi connectivity index (χ0n) is 17.0. The Labute approximate surface area is 178 Å². The van der Waals surface area contributed by atoms with Gasteiger partial charge >= 0.3 is 5.97 Å². The summed E-state index contributed by atoms with van der Waals surface area (Å²) < 4.78 is 16.1. The predicted octanol–water partition coefficient (Wildman–Crippen LogP) is 3.52. The van der Waals surface area contributed by atoms with Crippen molar-refractivity contribution in [2.75, 3.05) is 26.9 Å². The van der Waals surface area contributed by atoms with Gasteiger partial charge in [-0.05, 0) is 36.6 Å². The van der Waals surface area contributed by atoms with E-state index in [2.05, 4.69) is 4.74 Å². The third-order valence-electron chi connectivity index (χ3n) is 5.47. The topological polar surface area (TPSA) is 108 Å². The number of benzene rings is 2. The van der Waals surface area contributed by atoms with Crippen molar-refractivity contribution in [2.45, 2.75) is 25.3 Å². The number of ether oxygens (including phenoxy) is 3. The highest BCUT2D eigenvalue weighted by molar-refractivity contribution is 5.99. The average molecular weight is 426 g/mol. The van der Waals surface area contributed by atoms with Gasteiger partial charge in [0.25, 0.3) is 11.6 Å². The zero-order valence-corrected chi connectivity index (χ0v) is 17.0. The molecule has 1 fully saturated rings. The number of carbonyl (C=O) groups excluding carboxylic acids is 2. The predicted molar refractivity (Wildman–Crippen MR) is 109 cm³/mol. The molecule has 0 spiro atoms. The molecule has 0 radical (unpaired) electrons. The number of likely N-dealkylation sites (tertiary alicyclic amines) is 1. The number of nitrogens with zero attached hydrogens (tertiary/aromatic N) is 2. The Morgan fingerprint density at radius 2 is 1.81 bits per heavy atom. The molecule has 0 aliphatic carbocycles. The molecule has 0 saturated carbocycles. The number of methoxy groups -OCH3 is 1. The smallest absolute Gasteiger partial charge is 0.338 e. The van der Waals surface area contributed by atoms with Crippen molar-refractivity contribution in [3.8, 4) is 11.5 Å². The summed E-state index contributed by atoms with van der Waals surface area (Å²) in [6, 6.07) is 9.09. The normalized spacial score (nSPS) is 17.7. The van der Waals surface area contributed by atoms with E-state index in [1.54, 1.807) is 4.90 Å². The maximum absolute atomic E-state index is 13.3. The molecule has 4 rings (SSSR count). The standard InChI is InChI=1S/C22H22N2O7/c1-29-22(26)16-10-15(11-17(12-16)24(27)28)21(25)23-7-2-4-18(23)14-5-6-19-20(13-14)31-9-3-8-30-19/h5-6,10-13,18H,2-4,7-9H2,1H3/t18-/m1/s1. The van der Waals surface area contributed by atoms with E-state index in [0.29, 0.717) is 31.3 Å². The average Bonchev–Trinajstić information content (AvgIpc) is 3.16. The van der Waals surface area contributed by atoms with Crippen LogP contribution < -0.4 is 9.47 Å². The molecule has 1 atom stereocenters. The lowest BCUT2D eigenvalue weighted by Gasteiger charge is -2.26. The number of fused-ring (bicyclic) bond motifs is 1. The van der Waals surface area contributed by atoms with E-state index >= 15 is 0 Å². The minimum atomic E-state index is -0.737. The fourth-order valence-electron chi connectivity index (χ4n) is 3.99. The molecular formula is C22H22N2O7. The maximum atomic E-state index is 13.3. The lowest BCUT2D eigenvalue weighted by Crippen LogP contribution is -2.30. The number of hydrogen-bond donors (Lipinski definition) is 0. The van der Waals surface area contributed by atoms with Gasteiger partial charge in [0.1, 0.15) is 0 Å². The molecule has 0 bridgehead atoms. The van der Waals surface area contributed by atoms with Crippen LogP contribution in [-0.2, 0) is 4.74 Å². The summed E-state index contributed by atoms with van der Waals surface area (Å²) in [7, 11) is 1.18. The molecule has 9 heteroatoms. The van der Waals surface area contributed by atoms with Crippen LogP contribution in [0.2, 0.25) is 0 Å². The van der Waals surface area contributed by atoms with Gasteiger partial charge in [0.2, 0.25) is 0 Å². The Hall–Kier alpha value is -3.62. The van der Waals surface area contributed by atoms with Crippen molar-refractivity contribution in [1.82, 2.24) is 4.90 Å². The number of non-ortho nitro benzene ring substituents is 1. The van der Waals surface area contributed by atoms with Gasteiger partial charge in [-0.25, -0.2) is 4.79 Å². The summed E-state index contributed by atoms with van der Waals surface area (Å²) in [6.07, 6.45) is 2.35. The molecule has 2 aromatic rings. The van der Waals surface area contributed by atoms with Crippen molar-refractivity contribution >= 4 is 17.6 Å². The molecule has 2 heterocycles. The van der Waals surface area contributed by atoms with Crippen LogP contribution in [0.4, 0.5) is 5.69 Å². The number of nitro groups is 1. The number of amides is 1. The van der Waals surface area contributed by atoms with Crippen LogP contribution in [0.5, 0.6) is 11.5 Å². The first kappa shape index (κ1) is 20.6. The summed E-state index contributed by atoms with van der Waals surface area (Å²) in [5.41, 5.74) is 0.619. The fourth-order valence-corrected chi connectivity index (χ4v) is 3.99. The van der Waals surface area contributed by atoms with E-state index in [1.165, 1.54) is 19.2 Å². The summed E-state index contributed by atoms with van der Waals surface area (Å²) in [5.74, 6) is 0.221. The summed E-state index contributed by atoms with van der Waals surface area (Å²) >= 11 is 0. The van der Waals surface area contributed by atoms with Crippen molar-refractivity contribution in [2.24, 2.45) is 0 Å². The highest BCUT2D eigenvalue weighted by atomic mass is 16.6. The molecule has 0 aromatic heterocycles. The summed E-state index contributed by atoms with van der Waals surface area (Å²) in [6.45, 7) is 1.66. The summed E-state index contributed by atoms with van der Waals surface area (Å²) in [5, 5.41) is 11.3. The molecule has 0 N–H and O–H groups in total. The van der Waals surface area contributed by atoms with Crippen molar-refractivity contribution in [1.29, 1.82) is 0 Å². The number of carbonyl (C=O) groups is 2. The van der Waals surface area contributed by atoms with E-state index in [4.69, 9.17) is 9.47 Å². The Morgan fingerprint density at radius 1 is 1.06 bits per heavy atom. The third kappa shape index (κ3) is 4.16. The second-order valence-electron chi connectivity index (χ2n) is 7.43. The SMILES string of the molecule is COC(=O)c1cc(C(=O)N2CCC[C@@H]2c2ccc3c(c2)OCCCO3)cc([N+](=O)[O-])c1. The van der Waals surface area contributed by atoms with Crippen molar-refractivity contribution in [3.05, 3.63) is 63.2 Å². The van der Waals surface area contributed by atoms with Gasteiger partial charge < -0.3 is 19.1 Å². The van der Waals surface area contributed by atoms with Gasteiger partial charge in [0, 0.05) is 30.7 Å². The first-order chi connectivity index (χ1) is 15.0. The fraction of sp³-hybridized carbons (Fsp3) is 0.364. The van der Waals surface area contributed by atoms with Gasteiger partial charge in [-0.15, -0.1) is 0 Å². The second kappa shape index (κ2) is 8.63. The summed E-state index contributed by atoms with van der Waals surface area (Å²) in [4.78, 5) is 37.6. The van der Waals surface area contributed by atoms with E-state index < -0.39 is 10.9 Å². The second-order valence-corrected chi connectivity index (χ2v) is 7.43. The van der Waals surface area contributed by atoms with Crippen LogP contribution >= 0.6 is 0 Å². The largest absolute Gasteiger partial charge is 0.490 e. The number of rotatable bonds is 4. The van der Waals surface area contributed by atoms with Crippen LogP contribution in [0.3, 0.4) is 0 Å². The first-order valence-corrected chi connectivity index (χ1v) is 10.1. The molecule has 31 heavy (non-hydrogen) atoms. The molecule has 1 amide bonds. The quantitative estimate of drug-likeness (QED) is 0.418. The molecule has 2 aromatic carbocycles. The molecule has 162 valence electrons. The zero-order chi connectivity index (χ0) is 22.0. The molecule has 2 aliphatic heterocycles. The molecule has 2 aliphatic rings. The van der Waals surface area contributed by atoms with Crippen LogP contribution in [0, 0.1) is 10.1 Å². The number of hydrogen-bond acceptors (Lipinski definition) is 7. The number of esters is 1. The lowest BCUT2D eigenvalue weighted by atomic mass is 10.0. The number of nitro benzene ring substituents is 1. The van der Waals surface area contributed by atoms with Gasteiger partial charge in [-0.2, -0.15) is 0 Å². The molecule has 9 nitrogen and oxygen atoms in total.